The van der Waals surface area contributed by atoms with Crippen LogP contribution in [0.15, 0.2) is 28.7 Å². The van der Waals surface area contributed by atoms with Crippen molar-refractivity contribution in [3.8, 4) is 0 Å². The second-order valence-corrected chi connectivity index (χ2v) is 49.7. The van der Waals surface area contributed by atoms with Gasteiger partial charge in [0.15, 0.2) is 6.87 Å². The van der Waals surface area contributed by atoms with E-state index < -0.39 is 29.6 Å². The molecule has 0 unspecified atom stereocenters. The van der Waals surface area contributed by atoms with Gasteiger partial charge in [-0.3, -0.25) is 0 Å². The highest BCUT2D eigenvalue weighted by atomic mass is 79.9. The molecule has 0 aliphatic carbocycles. The van der Waals surface area contributed by atoms with Gasteiger partial charge in [0.2, 0.25) is 0 Å². The first-order valence-electron chi connectivity index (χ1n) is 8.11. The Hall–Kier alpha value is 0.528. The lowest BCUT2D eigenvalue weighted by Gasteiger charge is -2.56. The molecule has 0 fully saturated rings. The van der Waals surface area contributed by atoms with Crippen molar-refractivity contribution >= 4 is 45.6 Å². The van der Waals surface area contributed by atoms with E-state index in [1.807, 2.05) is 0 Å². The summed E-state index contributed by atoms with van der Waals surface area (Å²) in [5.41, 5.74) is 1.30. The van der Waals surface area contributed by atoms with Crippen LogP contribution in [0.25, 0.3) is 0 Å². The molecule has 0 heterocycles. The first kappa shape index (κ1) is 20.6. The van der Waals surface area contributed by atoms with E-state index in [0.717, 1.165) is 6.61 Å². The van der Waals surface area contributed by atoms with Crippen molar-refractivity contribution in [1.82, 2.24) is 0 Å². The average molecular weight is 434 g/mol. The third kappa shape index (κ3) is 3.95. The highest BCUT2D eigenvalue weighted by Gasteiger charge is 2.63. The van der Waals surface area contributed by atoms with E-state index in [-0.39, 0.29) is 0 Å². The van der Waals surface area contributed by atoms with Crippen LogP contribution in [0.3, 0.4) is 0 Å². The van der Waals surface area contributed by atoms with Gasteiger partial charge in [0.25, 0.3) is 0 Å². The summed E-state index contributed by atoms with van der Waals surface area (Å²) >= 11 is 3.68. The maximum atomic E-state index is 7.08. The van der Waals surface area contributed by atoms with Crippen molar-refractivity contribution in [3.05, 3.63) is 34.3 Å². The van der Waals surface area contributed by atoms with Crippen LogP contribution in [-0.4, -0.2) is 29.6 Å². The standard InChI is InChI=1S/C16H33BrOSi4/c1-19(2,3)22(20(4,5)6,21(7,8)9)18-14-15-12-10-11-13-16(15)17/h10-13H,14H2,1-9H3. The molecule has 0 aliphatic rings. The second kappa shape index (κ2) is 6.80. The molecule has 0 bridgehead atoms. The fourth-order valence-electron chi connectivity index (χ4n) is 4.83. The summed E-state index contributed by atoms with van der Waals surface area (Å²) in [7, 11) is -4.06. The highest BCUT2D eigenvalue weighted by Crippen LogP contribution is 2.38. The Balaban J connectivity index is 3.31. The van der Waals surface area contributed by atoms with Gasteiger partial charge < -0.3 is 4.43 Å². The summed E-state index contributed by atoms with van der Waals surface area (Å²) in [4.78, 5) is 0. The lowest BCUT2D eigenvalue weighted by atomic mass is 10.2. The Bertz CT molecular complexity index is 476. The smallest absolute Gasteiger partial charge is 0.158 e. The predicted molar refractivity (Wildman–Crippen MR) is 115 cm³/mol. The van der Waals surface area contributed by atoms with E-state index in [1.54, 1.807) is 0 Å². The summed E-state index contributed by atoms with van der Waals surface area (Å²) in [6.07, 6.45) is 0. The SMILES string of the molecule is C[Si](C)(C)[Si](OCc1ccccc1Br)([Si](C)(C)C)[Si](C)(C)C. The molecule has 0 amide bonds. The minimum absolute atomic E-state index is 0.784. The zero-order valence-electron chi connectivity index (χ0n) is 15.8. The summed E-state index contributed by atoms with van der Waals surface area (Å²) in [6, 6.07) is 8.51. The fraction of sp³-hybridized carbons (Fsp3) is 0.625. The second-order valence-electron chi connectivity index (χ2n) is 9.31. The van der Waals surface area contributed by atoms with Crippen LogP contribution in [-0.2, 0) is 11.0 Å². The van der Waals surface area contributed by atoms with Crippen molar-refractivity contribution in [1.29, 1.82) is 0 Å². The monoisotopic (exact) mass is 432 g/mol. The van der Waals surface area contributed by atoms with Gasteiger partial charge in [0.1, 0.15) is 0 Å². The minimum Gasteiger partial charge on any atom is -0.422 e. The van der Waals surface area contributed by atoms with Crippen LogP contribution in [0.2, 0.25) is 58.9 Å². The molecule has 0 radical (unpaired) electrons. The molecule has 0 saturated carbocycles. The lowest BCUT2D eigenvalue weighted by Crippen LogP contribution is -2.84. The van der Waals surface area contributed by atoms with Gasteiger partial charge in [-0.2, -0.15) is 0 Å². The van der Waals surface area contributed by atoms with Crippen molar-refractivity contribution in [2.45, 2.75) is 65.5 Å². The molecule has 1 aromatic carbocycles. The minimum atomic E-state index is -1.71. The number of benzene rings is 1. The zero-order valence-corrected chi connectivity index (χ0v) is 21.4. The number of rotatable bonds is 6. The Labute approximate surface area is 149 Å². The molecule has 1 nitrogen and oxygen atoms in total. The van der Waals surface area contributed by atoms with Crippen LogP contribution in [0.5, 0.6) is 0 Å². The van der Waals surface area contributed by atoms with Gasteiger partial charge in [-0.25, -0.2) is 0 Å². The van der Waals surface area contributed by atoms with E-state index in [4.69, 9.17) is 4.43 Å². The summed E-state index contributed by atoms with van der Waals surface area (Å²) in [5, 5.41) is 0. The molecule has 0 aromatic heterocycles. The Morgan fingerprint density at radius 1 is 0.773 bits per heavy atom. The molecule has 0 saturated heterocycles. The largest absolute Gasteiger partial charge is 0.422 e. The predicted octanol–water partition coefficient (Wildman–Crippen LogP) is 6.16. The Kier molecular flexibility index (Phi) is 6.36. The molecule has 6 heteroatoms. The zero-order chi connectivity index (χ0) is 17.4. The molecule has 0 N–H and O–H groups in total. The maximum absolute atomic E-state index is 7.08. The summed E-state index contributed by atoms with van der Waals surface area (Å²) in [6.45, 7) is 22.2. The quantitative estimate of drug-likeness (QED) is 0.488. The van der Waals surface area contributed by atoms with Crippen molar-refractivity contribution < 1.29 is 4.43 Å². The van der Waals surface area contributed by atoms with Crippen LogP contribution < -0.4 is 0 Å². The molecular weight excluding hydrogens is 400 g/mol. The van der Waals surface area contributed by atoms with E-state index >= 15 is 0 Å². The number of halogens is 1. The van der Waals surface area contributed by atoms with Gasteiger partial charge in [-0.05, 0) is 11.6 Å². The van der Waals surface area contributed by atoms with E-state index in [2.05, 4.69) is 99.1 Å². The van der Waals surface area contributed by atoms with Crippen molar-refractivity contribution in [2.75, 3.05) is 0 Å². The van der Waals surface area contributed by atoms with Gasteiger partial charge in [-0.1, -0.05) is 93.1 Å². The first-order chi connectivity index (χ1) is 9.74. The highest BCUT2D eigenvalue weighted by molar-refractivity contribution is 9.10. The van der Waals surface area contributed by atoms with Crippen LogP contribution >= 0.6 is 15.9 Å². The van der Waals surface area contributed by atoms with Gasteiger partial charge in [0, 0.05) is 4.47 Å². The maximum Gasteiger partial charge on any atom is 0.158 e. The number of hydrogen-bond donors (Lipinski definition) is 0. The van der Waals surface area contributed by atoms with E-state index in [0.29, 0.717) is 0 Å². The van der Waals surface area contributed by atoms with E-state index in [1.165, 1.54) is 10.0 Å². The third-order valence-electron chi connectivity index (χ3n) is 4.57. The average Bonchev–Trinajstić information content (AvgIpc) is 2.26. The Morgan fingerprint density at radius 2 is 1.18 bits per heavy atom. The first-order valence-corrected chi connectivity index (χ1v) is 24.3. The summed E-state index contributed by atoms with van der Waals surface area (Å²) in [5.74, 6) is 0. The Morgan fingerprint density at radius 3 is 1.55 bits per heavy atom. The van der Waals surface area contributed by atoms with Crippen LogP contribution in [0.1, 0.15) is 5.56 Å². The van der Waals surface area contributed by atoms with Gasteiger partial charge in [0.05, 0.1) is 29.4 Å². The molecule has 22 heavy (non-hydrogen) atoms. The van der Waals surface area contributed by atoms with Crippen molar-refractivity contribution in [2.24, 2.45) is 0 Å². The number of hydrogen-bond acceptors (Lipinski definition) is 1. The van der Waals surface area contributed by atoms with E-state index in [9.17, 15) is 0 Å². The van der Waals surface area contributed by atoms with Gasteiger partial charge >= 0.3 is 0 Å². The molecule has 1 aromatic rings. The molecule has 126 valence electrons. The normalized spacial score (nSPS) is 14.3. The van der Waals surface area contributed by atoms with Crippen LogP contribution in [0, 0.1) is 0 Å². The molecule has 0 spiro atoms. The molecule has 1 rings (SSSR count). The topological polar surface area (TPSA) is 9.23 Å². The fourth-order valence-corrected chi connectivity index (χ4v) is 99.2. The van der Waals surface area contributed by atoms with Gasteiger partial charge in [-0.15, -0.1) is 0 Å². The molecule has 0 aliphatic heterocycles. The molecule has 0 atom stereocenters. The van der Waals surface area contributed by atoms with Crippen molar-refractivity contribution in [3.63, 3.8) is 0 Å². The lowest BCUT2D eigenvalue weighted by molar-refractivity contribution is 0.317. The third-order valence-corrected chi connectivity index (χ3v) is 73.1. The molecular formula is C16H33BrOSi4. The summed E-state index contributed by atoms with van der Waals surface area (Å²) < 4.78 is 8.26. The van der Waals surface area contributed by atoms with Crippen LogP contribution in [0.4, 0.5) is 0 Å².